The number of rotatable bonds is 5. The zero-order chi connectivity index (χ0) is 18.5. The Kier molecular flexibility index (Phi) is 5.26. The van der Waals surface area contributed by atoms with Crippen LogP contribution in [0.15, 0.2) is 42.5 Å². The predicted octanol–water partition coefficient (Wildman–Crippen LogP) is 1.68. The topological polar surface area (TPSA) is 94.1 Å². The average molecular weight is 357 g/mol. The first-order chi connectivity index (χ1) is 12.6. The van der Waals surface area contributed by atoms with Gasteiger partial charge in [0.05, 0.1) is 7.11 Å². The van der Waals surface area contributed by atoms with E-state index >= 15 is 0 Å². The lowest BCUT2D eigenvalue weighted by atomic mass is 10.0. The summed E-state index contributed by atoms with van der Waals surface area (Å²) < 4.78 is 15.7. The van der Waals surface area contributed by atoms with Gasteiger partial charge in [-0.25, -0.2) is 4.79 Å². The van der Waals surface area contributed by atoms with E-state index in [0.29, 0.717) is 30.3 Å². The summed E-state index contributed by atoms with van der Waals surface area (Å²) in [7, 11) is 1.27. The molecule has 0 fully saturated rings. The number of methoxy groups -OCH3 is 1. The van der Waals surface area contributed by atoms with Crippen molar-refractivity contribution in [2.24, 2.45) is 0 Å². The Bertz CT molecular complexity index is 802. The minimum atomic E-state index is -0.856. The summed E-state index contributed by atoms with van der Waals surface area (Å²) in [6.07, 6.45) is 0.239. The van der Waals surface area contributed by atoms with E-state index in [4.69, 9.17) is 14.2 Å². The highest BCUT2D eigenvalue weighted by Crippen LogP contribution is 2.30. The lowest BCUT2D eigenvalue weighted by molar-refractivity contribution is -0.142. The third-order valence-corrected chi connectivity index (χ3v) is 3.97. The van der Waals surface area contributed by atoms with Gasteiger partial charge < -0.3 is 24.6 Å². The number of carbonyl (C=O) groups is 2. The fourth-order valence-electron chi connectivity index (χ4n) is 2.63. The number of fused-ring (bicyclic) bond motifs is 1. The van der Waals surface area contributed by atoms with Crippen molar-refractivity contribution >= 4 is 11.9 Å². The molecule has 0 aliphatic carbocycles. The number of benzene rings is 2. The number of nitrogens with one attached hydrogen (secondary N) is 1. The summed E-state index contributed by atoms with van der Waals surface area (Å²) in [4.78, 5) is 24.6. The van der Waals surface area contributed by atoms with Gasteiger partial charge in [0.15, 0.2) is 11.5 Å². The summed E-state index contributed by atoms with van der Waals surface area (Å²) in [5.74, 6) is 0.238. The van der Waals surface area contributed by atoms with Gasteiger partial charge in [0.25, 0.3) is 5.91 Å². The Balaban J connectivity index is 1.74. The Morgan fingerprint density at radius 1 is 1.12 bits per heavy atom. The van der Waals surface area contributed by atoms with Crippen LogP contribution in [0.3, 0.4) is 0 Å². The van der Waals surface area contributed by atoms with Crippen LogP contribution in [0.25, 0.3) is 0 Å². The number of amides is 1. The summed E-state index contributed by atoms with van der Waals surface area (Å²) in [6.45, 7) is 0.888. The lowest BCUT2D eigenvalue weighted by Crippen LogP contribution is -2.43. The van der Waals surface area contributed by atoms with Crippen molar-refractivity contribution in [1.29, 1.82) is 0 Å². The quantitative estimate of drug-likeness (QED) is 0.791. The Hall–Kier alpha value is -3.22. The number of phenols is 1. The predicted molar refractivity (Wildman–Crippen MR) is 92.5 cm³/mol. The second kappa shape index (κ2) is 7.77. The van der Waals surface area contributed by atoms with Gasteiger partial charge in [-0.15, -0.1) is 0 Å². The molecule has 2 aromatic rings. The van der Waals surface area contributed by atoms with Crippen molar-refractivity contribution in [3.8, 4) is 17.2 Å². The highest BCUT2D eigenvalue weighted by atomic mass is 16.6. The highest BCUT2D eigenvalue weighted by molar-refractivity contribution is 5.97. The second-order valence-electron chi connectivity index (χ2n) is 5.78. The molecule has 0 aromatic heterocycles. The molecule has 0 bridgehead atoms. The van der Waals surface area contributed by atoms with Crippen molar-refractivity contribution < 1.29 is 28.9 Å². The molecule has 0 spiro atoms. The molecule has 7 heteroatoms. The van der Waals surface area contributed by atoms with Gasteiger partial charge in [-0.05, 0) is 35.9 Å². The first kappa shape index (κ1) is 17.6. The Labute approximate surface area is 150 Å². The SMILES string of the molecule is COC(=O)[C@@H](Cc1ccc(O)cc1)NC(=O)c1ccc2c(c1)OCCO2. The van der Waals surface area contributed by atoms with E-state index in [-0.39, 0.29) is 12.2 Å². The minimum Gasteiger partial charge on any atom is -0.508 e. The van der Waals surface area contributed by atoms with Crippen LogP contribution in [0.5, 0.6) is 17.2 Å². The summed E-state index contributed by atoms with van der Waals surface area (Å²) in [5.41, 5.74) is 1.13. The minimum absolute atomic E-state index is 0.128. The molecule has 0 saturated carbocycles. The molecule has 3 rings (SSSR count). The zero-order valence-corrected chi connectivity index (χ0v) is 14.2. The van der Waals surface area contributed by atoms with Crippen LogP contribution in [0.4, 0.5) is 0 Å². The van der Waals surface area contributed by atoms with Crippen LogP contribution in [0.2, 0.25) is 0 Å². The maximum atomic E-state index is 12.6. The molecule has 1 amide bonds. The fourth-order valence-corrected chi connectivity index (χ4v) is 2.63. The average Bonchev–Trinajstić information content (AvgIpc) is 2.68. The molecule has 1 aliphatic rings. The Morgan fingerprint density at radius 3 is 2.50 bits per heavy atom. The molecule has 26 heavy (non-hydrogen) atoms. The maximum Gasteiger partial charge on any atom is 0.328 e. The third kappa shape index (κ3) is 4.05. The van der Waals surface area contributed by atoms with Gasteiger partial charge in [-0.3, -0.25) is 4.79 Å². The van der Waals surface area contributed by atoms with E-state index in [1.807, 2.05) is 0 Å². The third-order valence-electron chi connectivity index (χ3n) is 3.97. The molecular formula is C19H19NO6. The number of aromatic hydroxyl groups is 1. The van der Waals surface area contributed by atoms with Crippen LogP contribution < -0.4 is 14.8 Å². The van der Waals surface area contributed by atoms with Gasteiger partial charge >= 0.3 is 5.97 Å². The van der Waals surface area contributed by atoms with Crippen molar-refractivity contribution in [2.45, 2.75) is 12.5 Å². The van der Waals surface area contributed by atoms with E-state index in [9.17, 15) is 14.7 Å². The van der Waals surface area contributed by atoms with Crippen molar-refractivity contribution in [3.05, 3.63) is 53.6 Å². The molecule has 1 heterocycles. The normalized spacial score (nSPS) is 13.6. The molecule has 0 unspecified atom stereocenters. The fraction of sp³-hybridized carbons (Fsp3) is 0.263. The molecule has 2 N–H and O–H groups in total. The van der Waals surface area contributed by atoms with Crippen LogP contribution in [0.1, 0.15) is 15.9 Å². The van der Waals surface area contributed by atoms with Gasteiger partial charge in [0, 0.05) is 12.0 Å². The molecule has 1 aliphatic heterocycles. The molecule has 1 atom stereocenters. The number of phenolic OH excluding ortho intramolecular Hbond substituents is 1. The van der Waals surface area contributed by atoms with Crippen LogP contribution in [-0.2, 0) is 16.0 Å². The summed E-state index contributed by atoms with van der Waals surface area (Å²) >= 11 is 0. The lowest BCUT2D eigenvalue weighted by Gasteiger charge is -2.20. The van der Waals surface area contributed by atoms with Crippen LogP contribution in [0, 0.1) is 0 Å². The summed E-state index contributed by atoms with van der Waals surface area (Å²) in [5, 5.41) is 12.0. The van der Waals surface area contributed by atoms with Crippen molar-refractivity contribution in [3.63, 3.8) is 0 Å². The molecule has 0 radical (unpaired) electrons. The molecule has 136 valence electrons. The first-order valence-corrected chi connectivity index (χ1v) is 8.13. The number of hydrogen-bond donors (Lipinski definition) is 2. The number of esters is 1. The molecule has 2 aromatic carbocycles. The van der Waals surface area contributed by atoms with Crippen molar-refractivity contribution in [1.82, 2.24) is 5.32 Å². The standard InChI is InChI=1S/C19H19NO6/c1-24-19(23)15(10-12-2-5-14(21)6-3-12)20-18(22)13-4-7-16-17(11-13)26-9-8-25-16/h2-7,11,15,21H,8-10H2,1H3,(H,20,22)/t15-/m1/s1. The maximum absolute atomic E-state index is 12.6. The van der Waals surface area contributed by atoms with Gasteiger partial charge in [0.2, 0.25) is 0 Å². The van der Waals surface area contributed by atoms with E-state index in [1.54, 1.807) is 30.3 Å². The second-order valence-corrected chi connectivity index (χ2v) is 5.78. The van der Waals surface area contributed by atoms with E-state index in [1.165, 1.54) is 19.2 Å². The van der Waals surface area contributed by atoms with Crippen LogP contribution >= 0.6 is 0 Å². The smallest absolute Gasteiger partial charge is 0.328 e. The first-order valence-electron chi connectivity index (χ1n) is 8.13. The zero-order valence-electron chi connectivity index (χ0n) is 14.2. The Morgan fingerprint density at radius 2 is 1.81 bits per heavy atom. The summed E-state index contributed by atoms with van der Waals surface area (Å²) in [6, 6.07) is 10.4. The van der Waals surface area contributed by atoms with Gasteiger partial charge in [0.1, 0.15) is 25.0 Å². The molecule has 7 nitrogen and oxygen atoms in total. The molecular weight excluding hydrogens is 338 g/mol. The van der Waals surface area contributed by atoms with E-state index in [2.05, 4.69) is 5.32 Å². The number of ether oxygens (including phenoxy) is 3. The monoisotopic (exact) mass is 357 g/mol. The highest BCUT2D eigenvalue weighted by Gasteiger charge is 2.23. The molecule has 0 saturated heterocycles. The number of carbonyl (C=O) groups excluding carboxylic acids is 2. The van der Waals surface area contributed by atoms with Crippen molar-refractivity contribution in [2.75, 3.05) is 20.3 Å². The number of hydrogen-bond acceptors (Lipinski definition) is 6. The van der Waals surface area contributed by atoms with E-state index < -0.39 is 17.9 Å². The van der Waals surface area contributed by atoms with E-state index in [0.717, 1.165) is 5.56 Å². The van der Waals surface area contributed by atoms with Gasteiger partial charge in [-0.2, -0.15) is 0 Å². The van der Waals surface area contributed by atoms with Gasteiger partial charge in [-0.1, -0.05) is 12.1 Å². The largest absolute Gasteiger partial charge is 0.508 e. The van der Waals surface area contributed by atoms with Crippen LogP contribution in [-0.4, -0.2) is 43.3 Å².